The van der Waals surface area contributed by atoms with Gasteiger partial charge in [0.1, 0.15) is 0 Å². The second kappa shape index (κ2) is 4.75. The molecule has 4 rings (SSSR count). The van der Waals surface area contributed by atoms with Gasteiger partial charge in [-0.2, -0.15) is 0 Å². The summed E-state index contributed by atoms with van der Waals surface area (Å²) in [4.78, 5) is 0. The van der Waals surface area contributed by atoms with Crippen LogP contribution in [0.3, 0.4) is 0 Å². The zero-order valence-electron chi connectivity index (χ0n) is 11.6. The maximum absolute atomic E-state index is 10.6. The molecule has 2 aliphatic carbocycles. The lowest BCUT2D eigenvalue weighted by Crippen LogP contribution is -2.24. The van der Waals surface area contributed by atoms with Crippen molar-refractivity contribution in [2.24, 2.45) is 0 Å². The second-order valence-electron chi connectivity index (χ2n) is 6.19. The first-order valence-electron chi connectivity index (χ1n) is 7.68. The lowest BCUT2D eigenvalue weighted by molar-refractivity contribution is 0.140. The summed E-state index contributed by atoms with van der Waals surface area (Å²) in [6.07, 6.45) is 4.24. The van der Waals surface area contributed by atoms with Gasteiger partial charge in [-0.15, -0.1) is 0 Å². The van der Waals surface area contributed by atoms with Gasteiger partial charge in [0, 0.05) is 5.92 Å². The maximum atomic E-state index is 10.6. The summed E-state index contributed by atoms with van der Waals surface area (Å²) in [6.45, 7) is 0. The van der Waals surface area contributed by atoms with E-state index in [-0.39, 0.29) is 12.0 Å². The molecular formula is C19H20O. The molecule has 2 aromatic carbocycles. The number of benzene rings is 2. The number of aliphatic hydroxyl groups excluding tert-OH is 1. The van der Waals surface area contributed by atoms with Crippen molar-refractivity contribution in [3.05, 3.63) is 70.8 Å². The van der Waals surface area contributed by atoms with E-state index in [0.29, 0.717) is 5.92 Å². The van der Waals surface area contributed by atoms with Crippen molar-refractivity contribution >= 4 is 0 Å². The summed E-state index contributed by atoms with van der Waals surface area (Å²) in [5.41, 5.74) is 5.68. The van der Waals surface area contributed by atoms with E-state index < -0.39 is 0 Å². The van der Waals surface area contributed by atoms with Gasteiger partial charge >= 0.3 is 0 Å². The molecule has 0 aromatic heterocycles. The van der Waals surface area contributed by atoms with Crippen LogP contribution in [-0.4, -0.2) is 11.2 Å². The smallest absolute Gasteiger partial charge is 0.0655 e. The predicted octanol–water partition coefficient (Wildman–Crippen LogP) is 3.81. The van der Waals surface area contributed by atoms with E-state index in [0.717, 1.165) is 6.42 Å². The Hall–Kier alpha value is -1.60. The van der Waals surface area contributed by atoms with Crippen LogP contribution in [0.1, 0.15) is 46.9 Å². The van der Waals surface area contributed by atoms with Crippen molar-refractivity contribution in [1.29, 1.82) is 0 Å². The summed E-state index contributed by atoms with van der Waals surface area (Å²) in [7, 11) is 0. The van der Waals surface area contributed by atoms with Crippen molar-refractivity contribution in [3.8, 4) is 0 Å². The van der Waals surface area contributed by atoms with Gasteiger partial charge in [-0.05, 0) is 53.9 Å². The van der Waals surface area contributed by atoms with Crippen LogP contribution in [0.15, 0.2) is 48.5 Å². The van der Waals surface area contributed by atoms with Gasteiger partial charge in [-0.1, -0.05) is 48.5 Å². The minimum atomic E-state index is -0.219. The first kappa shape index (κ1) is 12.2. The van der Waals surface area contributed by atoms with Crippen molar-refractivity contribution in [2.75, 3.05) is 0 Å². The van der Waals surface area contributed by atoms with Crippen molar-refractivity contribution in [1.82, 2.24) is 0 Å². The standard InChI is InChI=1S/C19H20O/c20-18-12-14-7-2-4-10-16(14)19(18)17-11-5-8-13-6-1-3-9-15(13)17/h1-4,6-7,9-10,17-20H,5,8,11-12H2/t17-,18+,19?/m0/s1. The molecule has 2 aliphatic rings. The Morgan fingerprint density at radius 2 is 1.55 bits per heavy atom. The number of rotatable bonds is 1. The minimum absolute atomic E-state index is 0.219. The van der Waals surface area contributed by atoms with Gasteiger partial charge in [0.15, 0.2) is 0 Å². The van der Waals surface area contributed by atoms with Crippen LogP contribution in [0, 0.1) is 0 Å². The normalized spacial score (nSPS) is 27.9. The zero-order chi connectivity index (χ0) is 13.5. The molecule has 0 amide bonds. The largest absolute Gasteiger partial charge is 0.392 e. The molecule has 3 atom stereocenters. The third kappa shape index (κ3) is 1.81. The number of fused-ring (bicyclic) bond motifs is 2. The Morgan fingerprint density at radius 1 is 0.850 bits per heavy atom. The van der Waals surface area contributed by atoms with Gasteiger partial charge in [-0.25, -0.2) is 0 Å². The fourth-order valence-electron chi connectivity index (χ4n) is 4.25. The third-order valence-corrected chi connectivity index (χ3v) is 5.11. The molecule has 0 fully saturated rings. The molecule has 0 radical (unpaired) electrons. The van der Waals surface area contributed by atoms with E-state index in [1.807, 2.05) is 0 Å². The van der Waals surface area contributed by atoms with Gasteiger partial charge in [0.2, 0.25) is 0 Å². The van der Waals surface area contributed by atoms with Crippen LogP contribution in [-0.2, 0) is 12.8 Å². The number of aliphatic hydroxyl groups is 1. The highest BCUT2D eigenvalue weighted by atomic mass is 16.3. The average molecular weight is 264 g/mol. The second-order valence-corrected chi connectivity index (χ2v) is 6.19. The van der Waals surface area contributed by atoms with E-state index in [2.05, 4.69) is 48.5 Å². The zero-order valence-corrected chi connectivity index (χ0v) is 11.6. The molecule has 0 saturated carbocycles. The number of hydrogen-bond donors (Lipinski definition) is 1. The lowest BCUT2D eigenvalue weighted by atomic mass is 9.73. The molecule has 0 aliphatic heterocycles. The molecule has 0 saturated heterocycles. The Bertz CT molecular complexity index is 631. The minimum Gasteiger partial charge on any atom is -0.392 e. The molecule has 1 nitrogen and oxygen atoms in total. The Morgan fingerprint density at radius 3 is 2.40 bits per heavy atom. The summed E-state index contributed by atoms with van der Waals surface area (Å²) in [6, 6.07) is 17.4. The third-order valence-electron chi connectivity index (χ3n) is 5.11. The van der Waals surface area contributed by atoms with Crippen LogP contribution in [0.25, 0.3) is 0 Å². The van der Waals surface area contributed by atoms with E-state index in [4.69, 9.17) is 0 Å². The van der Waals surface area contributed by atoms with E-state index in [1.165, 1.54) is 41.5 Å². The lowest BCUT2D eigenvalue weighted by Gasteiger charge is -2.32. The molecule has 0 bridgehead atoms. The summed E-state index contributed by atoms with van der Waals surface area (Å²) in [5.74, 6) is 0.770. The maximum Gasteiger partial charge on any atom is 0.0655 e. The van der Waals surface area contributed by atoms with Crippen molar-refractivity contribution in [2.45, 2.75) is 43.6 Å². The molecular weight excluding hydrogens is 244 g/mol. The van der Waals surface area contributed by atoms with Crippen LogP contribution >= 0.6 is 0 Å². The van der Waals surface area contributed by atoms with Crippen molar-refractivity contribution in [3.63, 3.8) is 0 Å². The summed E-state index contributed by atoms with van der Waals surface area (Å²) in [5, 5.41) is 10.6. The Balaban J connectivity index is 1.79. The fourth-order valence-corrected chi connectivity index (χ4v) is 4.25. The SMILES string of the molecule is O[C@@H]1Cc2ccccc2C1[C@H]1CCCc2ccccc21. The van der Waals surface area contributed by atoms with Crippen molar-refractivity contribution < 1.29 is 5.11 Å². The van der Waals surface area contributed by atoms with Gasteiger partial charge in [0.05, 0.1) is 6.10 Å². The van der Waals surface area contributed by atoms with E-state index in [9.17, 15) is 5.11 Å². The first-order valence-corrected chi connectivity index (χ1v) is 7.68. The monoisotopic (exact) mass is 264 g/mol. The summed E-state index contributed by atoms with van der Waals surface area (Å²) < 4.78 is 0. The van der Waals surface area contributed by atoms with E-state index in [1.54, 1.807) is 0 Å². The van der Waals surface area contributed by atoms with Crippen LogP contribution < -0.4 is 0 Å². The molecule has 1 unspecified atom stereocenters. The summed E-state index contributed by atoms with van der Waals surface area (Å²) >= 11 is 0. The topological polar surface area (TPSA) is 20.2 Å². The predicted molar refractivity (Wildman–Crippen MR) is 81.0 cm³/mol. The van der Waals surface area contributed by atoms with E-state index >= 15 is 0 Å². The molecule has 1 N–H and O–H groups in total. The van der Waals surface area contributed by atoms with Crippen LogP contribution in [0.2, 0.25) is 0 Å². The molecule has 0 spiro atoms. The Kier molecular flexibility index (Phi) is 2.89. The first-order chi connectivity index (χ1) is 9.84. The molecule has 2 aromatic rings. The average Bonchev–Trinajstić information content (AvgIpc) is 2.82. The fraction of sp³-hybridized carbons (Fsp3) is 0.368. The number of hydrogen-bond acceptors (Lipinski definition) is 1. The highest BCUT2D eigenvalue weighted by molar-refractivity contribution is 5.43. The highest BCUT2D eigenvalue weighted by Crippen LogP contribution is 2.47. The number of aryl methyl sites for hydroxylation is 1. The van der Waals surface area contributed by atoms with Gasteiger partial charge in [-0.3, -0.25) is 0 Å². The molecule has 0 heterocycles. The quantitative estimate of drug-likeness (QED) is 0.830. The van der Waals surface area contributed by atoms with Gasteiger partial charge in [0.25, 0.3) is 0 Å². The van der Waals surface area contributed by atoms with Crippen LogP contribution in [0.4, 0.5) is 0 Å². The molecule has 102 valence electrons. The molecule has 20 heavy (non-hydrogen) atoms. The Labute approximate surface area is 120 Å². The highest BCUT2D eigenvalue weighted by Gasteiger charge is 2.38. The molecule has 1 heteroatoms. The van der Waals surface area contributed by atoms with Gasteiger partial charge < -0.3 is 5.11 Å². The van der Waals surface area contributed by atoms with Crippen LogP contribution in [0.5, 0.6) is 0 Å².